The third-order valence-electron chi connectivity index (χ3n) is 3.61. The second-order valence-corrected chi connectivity index (χ2v) is 11.0. The van der Waals surface area contributed by atoms with Crippen LogP contribution < -0.4 is 5.19 Å². The molecule has 0 aliphatic carbocycles. The Bertz CT molecular complexity index is 447. The highest BCUT2D eigenvalue weighted by Crippen LogP contribution is 2.36. The van der Waals surface area contributed by atoms with Crippen LogP contribution in [0.2, 0.25) is 18.1 Å². The summed E-state index contributed by atoms with van der Waals surface area (Å²) in [6, 6.07) is 0.425. The normalized spacial score (nSPS) is 13.0. The summed E-state index contributed by atoms with van der Waals surface area (Å²) in [4.78, 5) is 0. The van der Waals surface area contributed by atoms with Gasteiger partial charge in [-0.3, -0.25) is 0 Å². The van der Waals surface area contributed by atoms with Crippen LogP contribution in [0.25, 0.3) is 0 Å². The summed E-state index contributed by atoms with van der Waals surface area (Å²) in [6.07, 6.45) is 0. The molecule has 0 unspecified atom stereocenters. The summed E-state index contributed by atoms with van der Waals surface area (Å²) < 4.78 is 53.5. The Hall–Kier alpha value is -0.843. The molecule has 5 heteroatoms. The first-order valence-corrected chi connectivity index (χ1v) is 8.33. The van der Waals surface area contributed by atoms with E-state index in [1.54, 1.807) is 13.1 Å². The van der Waals surface area contributed by atoms with Crippen molar-refractivity contribution in [3.05, 3.63) is 29.3 Å². The molecule has 0 heterocycles. The average molecular weight is 264 g/mol. The smallest absolute Gasteiger partial charge is 0.194 e. The molecule has 0 saturated carbocycles. The lowest BCUT2D eigenvalue weighted by Gasteiger charge is -2.37. The Labute approximate surface area is 99.7 Å². The SMILES string of the molecule is CC(C)(C)[Si](C)(C)c1c(F)cc(F)c(F)c1F. The maximum atomic E-state index is 13.7. The highest BCUT2D eigenvalue weighted by Gasteiger charge is 2.42. The van der Waals surface area contributed by atoms with Crippen LogP contribution in [0.5, 0.6) is 0 Å². The zero-order valence-corrected chi connectivity index (χ0v) is 11.6. The third kappa shape index (κ3) is 2.25. The van der Waals surface area contributed by atoms with E-state index < -0.39 is 31.3 Å². The second kappa shape index (κ2) is 4.12. The summed E-state index contributed by atoms with van der Waals surface area (Å²) in [5, 5.41) is -0.636. The largest absolute Gasteiger partial charge is 0.207 e. The molecule has 0 aliphatic heterocycles. The molecule has 0 fully saturated rings. The van der Waals surface area contributed by atoms with Crippen molar-refractivity contribution in [2.75, 3.05) is 0 Å². The first kappa shape index (κ1) is 14.2. The standard InChI is InChI=1S/C12H16F4Si/c1-12(2,3)17(4,5)11-8(14)6-7(13)9(15)10(11)16/h6H,1-5H3. The molecule has 1 rings (SSSR count). The van der Waals surface area contributed by atoms with Crippen LogP contribution in [0.15, 0.2) is 6.07 Å². The molecule has 0 amide bonds. The van der Waals surface area contributed by atoms with Crippen molar-refractivity contribution >= 4 is 13.3 Å². The molecular formula is C12H16F4Si. The maximum absolute atomic E-state index is 13.7. The summed E-state index contributed by atoms with van der Waals surface area (Å²) in [5.74, 6) is -5.45. The van der Waals surface area contributed by atoms with Crippen molar-refractivity contribution in [1.82, 2.24) is 0 Å². The van der Waals surface area contributed by atoms with Gasteiger partial charge >= 0.3 is 0 Å². The van der Waals surface area contributed by atoms with E-state index in [0.29, 0.717) is 6.07 Å². The number of halogens is 4. The Morgan fingerprint density at radius 1 is 0.882 bits per heavy atom. The molecule has 0 N–H and O–H groups in total. The van der Waals surface area contributed by atoms with Gasteiger partial charge in [0.25, 0.3) is 0 Å². The van der Waals surface area contributed by atoms with Gasteiger partial charge in [-0.05, 0) is 5.04 Å². The van der Waals surface area contributed by atoms with E-state index in [-0.39, 0.29) is 10.2 Å². The van der Waals surface area contributed by atoms with Crippen molar-refractivity contribution in [3.63, 3.8) is 0 Å². The predicted octanol–water partition coefficient (Wildman–Crippen LogP) is 3.96. The molecule has 0 atom stereocenters. The van der Waals surface area contributed by atoms with Gasteiger partial charge in [0, 0.05) is 11.3 Å². The molecule has 0 bridgehead atoms. The molecule has 0 aliphatic rings. The highest BCUT2D eigenvalue weighted by molar-refractivity contribution is 6.92. The molecule has 1 aromatic carbocycles. The first-order chi connectivity index (χ1) is 7.50. The minimum Gasteiger partial charge on any atom is -0.207 e. The van der Waals surface area contributed by atoms with Gasteiger partial charge in [-0.15, -0.1) is 0 Å². The molecule has 0 radical (unpaired) electrons. The Kier molecular flexibility index (Phi) is 3.45. The topological polar surface area (TPSA) is 0 Å². The van der Waals surface area contributed by atoms with Gasteiger partial charge in [0.05, 0.1) is 8.07 Å². The van der Waals surface area contributed by atoms with Crippen molar-refractivity contribution in [1.29, 1.82) is 0 Å². The van der Waals surface area contributed by atoms with Gasteiger partial charge in [0.2, 0.25) is 0 Å². The Morgan fingerprint density at radius 2 is 1.35 bits per heavy atom. The van der Waals surface area contributed by atoms with E-state index in [1.165, 1.54) is 0 Å². The van der Waals surface area contributed by atoms with Crippen LogP contribution in [0.4, 0.5) is 17.6 Å². The van der Waals surface area contributed by atoms with Gasteiger partial charge in [-0.1, -0.05) is 33.9 Å². The average Bonchev–Trinajstić information content (AvgIpc) is 2.12. The van der Waals surface area contributed by atoms with Gasteiger partial charge in [0.15, 0.2) is 17.5 Å². The summed E-state index contributed by atoms with van der Waals surface area (Å²) in [6.45, 7) is 9.02. The van der Waals surface area contributed by atoms with Crippen molar-refractivity contribution in [2.24, 2.45) is 0 Å². The number of hydrogen-bond acceptors (Lipinski definition) is 0. The van der Waals surface area contributed by atoms with Crippen LogP contribution in [0, 0.1) is 23.3 Å². The maximum Gasteiger partial charge on any atom is 0.194 e. The molecule has 96 valence electrons. The first-order valence-electron chi connectivity index (χ1n) is 5.33. The van der Waals surface area contributed by atoms with E-state index in [9.17, 15) is 17.6 Å². The Morgan fingerprint density at radius 3 is 1.76 bits per heavy atom. The van der Waals surface area contributed by atoms with Crippen molar-refractivity contribution < 1.29 is 17.6 Å². The fourth-order valence-corrected chi connectivity index (χ4v) is 3.59. The van der Waals surface area contributed by atoms with Crippen LogP contribution >= 0.6 is 0 Å². The zero-order chi connectivity index (χ0) is 13.6. The minimum atomic E-state index is -2.58. The minimum absolute atomic E-state index is 0.274. The molecule has 0 aromatic heterocycles. The lowest BCUT2D eigenvalue weighted by molar-refractivity contribution is 0.439. The molecule has 0 saturated heterocycles. The van der Waals surface area contributed by atoms with Gasteiger partial charge in [-0.25, -0.2) is 17.6 Å². The summed E-state index contributed by atoms with van der Waals surface area (Å²) in [7, 11) is -2.58. The van der Waals surface area contributed by atoms with Crippen LogP contribution in [-0.2, 0) is 0 Å². The zero-order valence-electron chi connectivity index (χ0n) is 10.6. The third-order valence-corrected chi connectivity index (χ3v) is 9.07. The van der Waals surface area contributed by atoms with Crippen molar-refractivity contribution in [2.45, 2.75) is 38.9 Å². The quantitative estimate of drug-likeness (QED) is 0.312. The second-order valence-electron chi connectivity index (χ2n) is 5.72. The molecule has 0 spiro atoms. The fraction of sp³-hybridized carbons (Fsp3) is 0.500. The number of hydrogen-bond donors (Lipinski definition) is 0. The number of benzene rings is 1. The monoisotopic (exact) mass is 264 g/mol. The van der Waals surface area contributed by atoms with Crippen LogP contribution in [0.3, 0.4) is 0 Å². The summed E-state index contributed by atoms with van der Waals surface area (Å²) in [5.41, 5.74) is 0. The lowest BCUT2D eigenvalue weighted by atomic mass is 10.2. The van der Waals surface area contributed by atoms with Crippen molar-refractivity contribution in [3.8, 4) is 0 Å². The van der Waals surface area contributed by atoms with E-state index in [1.807, 2.05) is 20.8 Å². The number of rotatable bonds is 1. The Balaban J connectivity index is 3.58. The fourth-order valence-electron chi connectivity index (χ4n) is 1.51. The molecule has 17 heavy (non-hydrogen) atoms. The van der Waals surface area contributed by atoms with Gasteiger partial charge in [-0.2, -0.15) is 0 Å². The summed E-state index contributed by atoms with van der Waals surface area (Å²) >= 11 is 0. The predicted molar refractivity (Wildman–Crippen MR) is 63.1 cm³/mol. The van der Waals surface area contributed by atoms with Crippen LogP contribution in [0.1, 0.15) is 20.8 Å². The van der Waals surface area contributed by atoms with E-state index in [4.69, 9.17) is 0 Å². The van der Waals surface area contributed by atoms with E-state index in [2.05, 4.69) is 0 Å². The van der Waals surface area contributed by atoms with E-state index >= 15 is 0 Å². The highest BCUT2D eigenvalue weighted by atomic mass is 28.3. The van der Waals surface area contributed by atoms with Crippen LogP contribution in [-0.4, -0.2) is 8.07 Å². The molecular weight excluding hydrogens is 248 g/mol. The van der Waals surface area contributed by atoms with Gasteiger partial charge < -0.3 is 0 Å². The molecule has 1 aromatic rings. The lowest BCUT2D eigenvalue weighted by Crippen LogP contribution is -2.53. The van der Waals surface area contributed by atoms with E-state index in [0.717, 1.165) is 0 Å². The molecule has 0 nitrogen and oxygen atoms in total. The van der Waals surface area contributed by atoms with Gasteiger partial charge in [0.1, 0.15) is 5.82 Å².